The Morgan fingerprint density at radius 2 is 1.38 bits per heavy atom. The lowest BCUT2D eigenvalue weighted by atomic mass is 10.1. The molecule has 0 atom stereocenters. The summed E-state index contributed by atoms with van der Waals surface area (Å²) in [6.07, 6.45) is 13.9. The van der Waals surface area contributed by atoms with Crippen molar-refractivity contribution in [3.63, 3.8) is 0 Å². The van der Waals surface area contributed by atoms with Gasteiger partial charge < -0.3 is 10.2 Å². The molecule has 0 saturated heterocycles. The number of aliphatic hydroxyl groups is 2. The number of nitrogens with zero attached hydrogens (tertiary/aromatic N) is 1. The Morgan fingerprint density at radius 3 is 1.81 bits per heavy atom. The largest absolute Gasteiger partial charge is 0.367 e. The van der Waals surface area contributed by atoms with Crippen molar-refractivity contribution in [1.29, 1.82) is 0 Å². The molecule has 0 aliphatic carbocycles. The van der Waals surface area contributed by atoms with Gasteiger partial charge in [-0.15, -0.1) is 23.6 Å². The standard InChI is InChI=1S/C17H35NO2.BrH/c1-3-5-6-7-8-9-10-11-12-13-15-18(14-4-2)16-17(19)20;/h4,17,19-20H,2-3,5-16H2,1H3;1H. The fourth-order valence-electron chi connectivity index (χ4n) is 2.49. The summed E-state index contributed by atoms with van der Waals surface area (Å²) in [4.78, 5) is 2.04. The van der Waals surface area contributed by atoms with E-state index >= 15 is 0 Å². The third kappa shape index (κ3) is 18.1. The van der Waals surface area contributed by atoms with Crippen molar-refractivity contribution in [2.24, 2.45) is 0 Å². The topological polar surface area (TPSA) is 43.7 Å². The van der Waals surface area contributed by atoms with Crippen LogP contribution in [0, 0.1) is 0 Å². The van der Waals surface area contributed by atoms with Crippen LogP contribution in [0.2, 0.25) is 0 Å². The zero-order valence-corrected chi connectivity index (χ0v) is 15.5. The van der Waals surface area contributed by atoms with Gasteiger partial charge in [0.1, 0.15) is 0 Å². The molecule has 3 nitrogen and oxygen atoms in total. The van der Waals surface area contributed by atoms with E-state index in [-0.39, 0.29) is 17.0 Å². The lowest BCUT2D eigenvalue weighted by Crippen LogP contribution is -2.33. The minimum atomic E-state index is -1.24. The molecule has 0 spiro atoms. The van der Waals surface area contributed by atoms with Crippen molar-refractivity contribution < 1.29 is 10.2 Å². The maximum absolute atomic E-state index is 8.99. The minimum absolute atomic E-state index is 0. The smallest absolute Gasteiger partial charge is 0.164 e. The highest BCUT2D eigenvalue weighted by Gasteiger charge is 2.06. The Hall–Kier alpha value is 0.1000. The molecule has 0 rings (SSSR count). The quantitative estimate of drug-likeness (QED) is 0.258. The Morgan fingerprint density at radius 1 is 0.905 bits per heavy atom. The summed E-state index contributed by atoms with van der Waals surface area (Å²) in [6, 6.07) is 0. The first-order chi connectivity index (χ1) is 9.70. The molecule has 0 aromatic carbocycles. The molecule has 0 amide bonds. The third-order valence-corrected chi connectivity index (χ3v) is 3.64. The van der Waals surface area contributed by atoms with Crippen LogP contribution in [0.4, 0.5) is 0 Å². The van der Waals surface area contributed by atoms with Crippen molar-refractivity contribution in [3.05, 3.63) is 12.7 Å². The Balaban J connectivity index is 0. The van der Waals surface area contributed by atoms with Crippen LogP contribution in [0.15, 0.2) is 12.7 Å². The van der Waals surface area contributed by atoms with Crippen LogP contribution in [0.25, 0.3) is 0 Å². The average molecular weight is 366 g/mol. The van der Waals surface area contributed by atoms with Gasteiger partial charge >= 0.3 is 0 Å². The molecular weight excluding hydrogens is 330 g/mol. The van der Waals surface area contributed by atoms with Gasteiger partial charge in [0.2, 0.25) is 0 Å². The van der Waals surface area contributed by atoms with Crippen LogP contribution >= 0.6 is 17.0 Å². The van der Waals surface area contributed by atoms with Gasteiger partial charge in [-0.2, -0.15) is 0 Å². The fourth-order valence-corrected chi connectivity index (χ4v) is 2.49. The van der Waals surface area contributed by atoms with E-state index in [2.05, 4.69) is 13.5 Å². The number of hydrogen-bond acceptors (Lipinski definition) is 3. The SMILES string of the molecule is Br.C=CCN(CCCCCCCCCCCC)CC(O)O. The van der Waals surface area contributed by atoms with Crippen molar-refractivity contribution in [1.82, 2.24) is 4.90 Å². The summed E-state index contributed by atoms with van der Waals surface area (Å²) in [5, 5.41) is 18.0. The van der Waals surface area contributed by atoms with Crippen molar-refractivity contribution in [2.75, 3.05) is 19.6 Å². The highest BCUT2D eigenvalue weighted by molar-refractivity contribution is 8.93. The average Bonchev–Trinajstić information content (AvgIpc) is 2.40. The molecule has 0 radical (unpaired) electrons. The van der Waals surface area contributed by atoms with Crippen molar-refractivity contribution in [2.45, 2.75) is 77.4 Å². The van der Waals surface area contributed by atoms with Crippen LogP contribution in [0.5, 0.6) is 0 Å². The zero-order chi connectivity index (χ0) is 15.1. The summed E-state index contributed by atoms with van der Waals surface area (Å²) < 4.78 is 0. The summed E-state index contributed by atoms with van der Waals surface area (Å²) in [5.74, 6) is 0. The molecule has 0 unspecified atom stereocenters. The highest BCUT2D eigenvalue weighted by atomic mass is 79.9. The monoisotopic (exact) mass is 365 g/mol. The van der Waals surface area contributed by atoms with Gasteiger partial charge in [-0.1, -0.05) is 70.8 Å². The Labute approximate surface area is 142 Å². The summed E-state index contributed by atoms with van der Waals surface area (Å²) >= 11 is 0. The number of aliphatic hydroxyl groups excluding tert-OH is 1. The fraction of sp³-hybridized carbons (Fsp3) is 0.882. The highest BCUT2D eigenvalue weighted by Crippen LogP contribution is 2.10. The molecule has 0 fully saturated rings. The first-order valence-electron chi connectivity index (χ1n) is 8.40. The van der Waals surface area contributed by atoms with Gasteiger partial charge in [0, 0.05) is 13.1 Å². The van der Waals surface area contributed by atoms with Crippen LogP contribution in [0.3, 0.4) is 0 Å². The predicted molar refractivity (Wildman–Crippen MR) is 97.0 cm³/mol. The molecule has 21 heavy (non-hydrogen) atoms. The summed E-state index contributed by atoms with van der Waals surface area (Å²) in [5.41, 5.74) is 0. The minimum Gasteiger partial charge on any atom is -0.367 e. The van der Waals surface area contributed by atoms with Gasteiger partial charge in [-0.05, 0) is 13.0 Å². The van der Waals surface area contributed by atoms with Crippen molar-refractivity contribution >= 4 is 17.0 Å². The van der Waals surface area contributed by atoms with Gasteiger partial charge in [0.05, 0.1) is 0 Å². The van der Waals surface area contributed by atoms with Crippen LogP contribution in [-0.4, -0.2) is 41.0 Å². The molecule has 4 heteroatoms. The maximum atomic E-state index is 8.99. The van der Waals surface area contributed by atoms with Crippen LogP contribution < -0.4 is 0 Å². The first-order valence-corrected chi connectivity index (χ1v) is 8.40. The van der Waals surface area contributed by atoms with Gasteiger partial charge in [-0.3, -0.25) is 4.90 Å². The summed E-state index contributed by atoms with van der Waals surface area (Å²) in [7, 11) is 0. The van der Waals surface area contributed by atoms with Crippen LogP contribution in [0.1, 0.15) is 71.1 Å². The second-order valence-electron chi connectivity index (χ2n) is 5.71. The zero-order valence-electron chi connectivity index (χ0n) is 13.8. The number of rotatable bonds is 15. The van der Waals surface area contributed by atoms with E-state index in [4.69, 9.17) is 10.2 Å². The second kappa shape index (κ2) is 18.1. The Bertz CT molecular complexity index is 213. The first kappa shape index (κ1) is 23.4. The van der Waals surface area contributed by atoms with E-state index in [1.54, 1.807) is 0 Å². The molecule has 0 saturated carbocycles. The molecule has 0 aromatic heterocycles. The Kier molecular flexibility index (Phi) is 20.2. The number of halogens is 1. The van der Waals surface area contributed by atoms with E-state index in [1.807, 2.05) is 11.0 Å². The van der Waals surface area contributed by atoms with E-state index < -0.39 is 6.29 Å². The van der Waals surface area contributed by atoms with Gasteiger partial charge in [-0.25, -0.2) is 0 Å². The van der Waals surface area contributed by atoms with E-state index in [1.165, 1.54) is 57.8 Å². The molecule has 0 heterocycles. The summed E-state index contributed by atoms with van der Waals surface area (Å²) in [6.45, 7) is 7.94. The number of unbranched alkanes of at least 4 members (excludes halogenated alkanes) is 9. The van der Waals surface area contributed by atoms with Crippen molar-refractivity contribution in [3.8, 4) is 0 Å². The van der Waals surface area contributed by atoms with Crippen LogP contribution in [-0.2, 0) is 0 Å². The normalized spacial score (nSPS) is 10.9. The molecule has 0 bridgehead atoms. The lowest BCUT2D eigenvalue weighted by Gasteiger charge is -2.21. The molecule has 0 aliphatic heterocycles. The number of hydrogen-bond donors (Lipinski definition) is 2. The predicted octanol–water partition coefficient (Wildman–Crippen LogP) is 4.28. The maximum Gasteiger partial charge on any atom is 0.164 e. The van der Waals surface area contributed by atoms with Gasteiger partial charge in [0.15, 0.2) is 6.29 Å². The molecule has 0 aliphatic rings. The molecular formula is C17H36BrNO2. The third-order valence-electron chi connectivity index (χ3n) is 3.64. The molecule has 2 N–H and O–H groups in total. The second-order valence-corrected chi connectivity index (χ2v) is 5.71. The van der Waals surface area contributed by atoms with E-state index in [9.17, 15) is 0 Å². The molecule has 128 valence electrons. The van der Waals surface area contributed by atoms with E-state index in [0.717, 1.165) is 19.5 Å². The molecule has 0 aromatic rings. The lowest BCUT2D eigenvalue weighted by molar-refractivity contribution is -0.0596. The van der Waals surface area contributed by atoms with Gasteiger partial charge in [0.25, 0.3) is 0 Å². The van der Waals surface area contributed by atoms with E-state index in [0.29, 0.717) is 6.54 Å².